The Morgan fingerprint density at radius 3 is 2.19 bits per heavy atom. The van der Waals surface area contributed by atoms with Crippen molar-refractivity contribution in [3.8, 4) is 11.3 Å². The Balaban J connectivity index is 2.01. The zero-order chi connectivity index (χ0) is 18.6. The maximum Gasteiger partial charge on any atom is 0.396 e. The SMILES string of the molecule is O=C(CC(c1ccccc1-c1ccccn1)C(F)(F)F)c1ccccc1. The highest BCUT2D eigenvalue weighted by atomic mass is 19.4. The first-order valence-corrected chi connectivity index (χ1v) is 8.12. The highest BCUT2D eigenvalue weighted by Gasteiger charge is 2.43. The molecule has 0 bridgehead atoms. The second-order valence-corrected chi connectivity index (χ2v) is 5.89. The highest BCUT2D eigenvalue weighted by Crippen LogP contribution is 2.41. The normalized spacial score (nSPS) is 12.6. The summed E-state index contributed by atoms with van der Waals surface area (Å²) in [5.41, 5.74) is 1.17. The fourth-order valence-electron chi connectivity index (χ4n) is 2.89. The summed E-state index contributed by atoms with van der Waals surface area (Å²) in [4.78, 5) is 16.6. The van der Waals surface area contributed by atoms with E-state index in [0.29, 0.717) is 11.3 Å². The molecule has 0 radical (unpaired) electrons. The van der Waals surface area contributed by atoms with Crippen molar-refractivity contribution in [2.24, 2.45) is 0 Å². The number of benzene rings is 2. The fourth-order valence-corrected chi connectivity index (χ4v) is 2.89. The molecule has 26 heavy (non-hydrogen) atoms. The molecule has 1 heterocycles. The van der Waals surface area contributed by atoms with Crippen LogP contribution in [-0.2, 0) is 0 Å². The van der Waals surface area contributed by atoms with E-state index in [1.807, 2.05) is 0 Å². The first kappa shape index (κ1) is 17.9. The van der Waals surface area contributed by atoms with Crippen molar-refractivity contribution >= 4 is 5.78 Å². The van der Waals surface area contributed by atoms with Crippen molar-refractivity contribution in [1.29, 1.82) is 0 Å². The van der Waals surface area contributed by atoms with Crippen LogP contribution in [0.2, 0.25) is 0 Å². The van der Waals surface area contributed by atoms with Crippen molar-refractivity contribution in [1.82, 2.24) is 4.98 Å². The molecule has 1 atom stereocenters. The number of alkyl halides is 3. The molecule has 0 amide bonds. The van der Waals surface area contributed by atoms with Crippen LogP contribution in [0.3, 0.4) is 0 Å². The maximum absolute atomic E-state index is 13.8. The van der Waals surface area contributed by atoms with Crippen molar-refractivity contribution in [2.45, 2.75) is 18.5 Å². The standard InChI is InChI=1S/C21H16F3NO/c22-21(23,24)18(14-20(26)15-8-2-1-3-9-15)16-10-4-5-11-17(16)19-12-6-7-13-25-19/h1-13,18H,14H2. The first-order chi connectivity index (χ1) is 12.5. The van der Waals surface area contributed by atoms with Crippen LogP contribution in [0.1, 0.15) is 28.3 Å². The molecular weight excluding hydrogens is 339 g/mol. The molecular formula is C21H16F3NO. The van der Waals surface area contributed by atoms with Crippen molar-refractivity contribution in [3.05, 3.63) is 90.1 Å². The van der Waals surface area contributed by atoms with Gasteiger partial charge in [-0.25, -0.2) is 0 Å². The third-order valence-electron chi connectivity index (χ3n) is 4.16. The van der Waals surface area contributed by atoms with Crippen molar-refractivity contribution < 1.29 is 18.0 Å². The van der Waals surface area contributed by atoms with Gasteiger partial charge in [0.2, 0.25) is 0 Å². The Labute approximate surface area is 149 Å². The van der Waals surface area contributed by atoms with Crippen LogP contribution in [0.5, 0.6) is 0 Å². The summed E-state index contributed by atoms with van der Waals surface area (Å²) in [6.45, 7) is 0. The third kappa shape index (κ3) is 3.99. The van der Waals surface area contributed by atoms with Crippen LogP contribution in [0, 0.1) is 0 Å². The van der Waals surface area contributed by atoms with Crippen molar-refractivity contribution in [2.75, 3.05) is 0 Å². The molecule has 0 fully saturated rings. The molecule has 2 nitrogen and oxygen atoms in total. The molecule has 3 rings (SSSR count). The summed E-state index contributed by atoms with van der Waals surface area (Å²) < 4.78 is 41.4. The second-order valence-electron chi connectivity index (χ2n) is 5.89. The number of carbonyl (C=O) groups is 1. The van der Waals surface area contributed by atoms with E-state index in [-0.39, 0.29) is 11.1 Å². The minimum Gasteiger partial charge on any atom is -0.294 e. The summed E-state index contributed by atoms with van der Waals surface area (Å²) in [7, 11) is 0. The summed E-state index contributed by atoms with van der Waals surface area (Å²) in [5, 5.41) is 0. The molecule has 0 N–H and O–H groups in total. The predicted molar refractivity (Wildman–Crippen MR) is 93.9 cm³/mol. The lowest BCUT2D eigenvalue weighted by atomic mass is 9.87. The van der Waals surface area contributed by atoms with E-state index >= 15 is 0 Å². The average Bonchev–Trinajstić information content (AvgIpc) is 2.66. The predicted octanol–water partition coefficient (Wildman–Crippen LogP) is 5.67. The van der Waals surface area contributed by atoms with E-state index in [9.17, 15) is 18.0 Å². The minimum atomic E-state index is -4.55. The monoisotopic (exact) mass is 355 g/mol. The van der Waals surface area contributed by atoms with Crippen molar-refractivity contribution in [3.63, 3.8) is 0 Å². The average molecular weight is 355 g/mol. The number of nitrogens with zero attached hydrogens (tertiary/aromatic N) is 1. The van der Waals surface area contributed by atoms with Crippen LogP contribution in [-0.4, -0.2) is 16.9 Å². The minimum absolute atomic E-state index is 0.0583. The van der Waals surface area contributed by atoms with E-state index in [4.69, 9.17) is 0 Å². The van der Waals surface area contributed by atoms with Crippen LogP contribution in [0.15, 0.2) is 79.0 Å². The van der Waals surface area contributed by atoms with Gasteiger partial charge in [-0.2, -0.15) is 13.2 Å². The van der Waals surface area contributed by atoms with E-state index in [0.717, 1.165) is 0 Å². The summed E-state index contributed by atoms with van der Waals surface area (Å²) in [6, 6.07) is 19.4. The number of carbonyl (C=O) groups excluding carboxylic acids is 1. The van der Waals surface area contributed by atoms with Crippen LogP contribution in [0.4, 0.5) is 13.2 Å². The highest BCUT2D eigenvalue weighted by molar-refractivity contribution is 5.96. The Hall–Kier alpha value is -2.95. The number of aromatic nitrogens is 1. The van der Waals surface area contributed by atoms with Gasteiger partial charge in [0.15, 0.2) is 5.78 Å². The van der Waals surface area contributed by atoms with Gasteiger partial charge in [0.1, 0.15) is 0 Å². The molecule has 0 aliphatic carbocycles. The Kier molecular flexibility index (Phi) is 5.16. The van der Waals surface area contributed by atoms with Crippen LogP contribution < -0.4 is 0 Å². The van der Waals surface area contributed by atoms with Gasteiger partial charge in [-0.05, 0) is 17.7 Å². The van der Waals surface area contributed by atoms with E-state index in [2.05, 4.69) is 4.98 Å². The molecule has 3 aromatic rings. The molecule has 1 unspecified atom stereocenters. The first-order valence-electron chi connectivity index (χ1n) is 8.12. The number of Topliss-reactive ketones (excluding diaryl/α,β-unsaturated/α-hetero) is 1. The molecule has 1 aromatic heterocycles. The van der Waals surface area contributed by atoms with Gasteiger partial charge in [0.25, 0.3) is 0 Å². The van der Waals surface area contributed by atoms with Gasteiger partial charge in [0, 0.05) is 23.7 Å². The number of halogens is 3. The van der Waals surface area contributed by atoms with E-state index in [1.54, 1.807) is 54.6 Å². The zero-order valence-electron chi connectivity index (χ0n) is 13.8. The Morgan fingerprint density at radius 2 is 1.54 bits per heavy atom. The van der Waals surface area contributed by atoms with Gasteiger partial charge in [-0.3, -0.25) is 9.78 Å². The maximum atomic E-state index is 13.8. The number of ketones is 1. The smallest absolute Gasteiger partial charge is 0.294 e. The molecule has 0 saturated heterocycles. The topological polar surface area (TPSA) is 30.0 Å². The third-order valence-corrected chi connectivity index (χ3v) is 4.16. The van der Waals surface area contributed by atoms with Crippen LogP contribution in [0.25, 0.3) is 11.3 Å². The number of pyridine rings is 1. The molecule has 0 saturated carbocycles. The van der Waals surface area contributed by atoms with Gasteiger partial charge in [-0.15, -0.1) is 0 Å². The van der Waals surface area contributed by atoms with Crippen LogP contribution >= 0.6 is 0 Å². The molecule has 132 valence electrons. The Morgan fingerprint density at radius 1 is 0.885 bits per heavy atom. The van der Waals surface area contributed by atoms with Gasteiger partial charge < -0.3 is 0 Å². The summed E-state index contributed by atoms with van der Waals surface area (Å²) >= 11 is 0. The molecule has 0 aliphatic rings. The van der Waals surface area contributed by atoms with E-state index in [1.165, 1.54) is 24.4 Å². The lowest BCUT2D eigenvalue weighted by Gasteiger charge is -2.22. The summed E-state index contributed by atoms with van der Waals surface area (Å²) in [5.74, 6) is -2.43. The zero-order valence-corrected chi connectivity index (χ0v) is 13.8. The van der Waals surface area contributed by atoms with Gasteiger partial charge in [-0.1, -0.05) is 60.7 Å². The number of rotatable bonds is 5. The number of hydrogen-bond acceptors (Lipinski definition) is 2. The molecule has 0 spiro atoms. The largest absolute Gasteiger partial charge is 0.396 e. The fraction of sp³-hybridized carbons (Fsp3) is 0.143. The lowest BCUT2D eigenvalue weighted by Crippen LogP contribution is -2.24. The van der Waals surface area contributed by atoms with Gasteiger partial charge >= 0.3 is 6.18 Å². The second kappa shape index (κ2) is 7.52. The molecule has 2 aromatic carbocycles. The summed E-state index contributed by atoms with van der Waals surface area (Å²) in [6.07, 6.45) is -3.66. The quantitative estimate of drug-likeness (QED) is 0.552. The Bertz CT molecular complexity index is 877. The number of hydrogen-bond donors (Lipinski definition) is 0. The lowest BCUT2D eigenvalue weighted by molar-refractivity contribution is -0.149. The molecule has 5 heteroatoms. The van der Waals surface area contributed by atoms with E-state index < -0.39 is 24.3 Å². The molecule has 0 aliphatic heterocycles. The van der Waals surface area contributed by atoms with Gasteiger partial charge in [0.05, 0.1) is 11.6 Å².